The minimum absolute atomic E-state index is 0.0237. The van der Waals surface area contributed by atoms with Crippen LogP contribution in [-0.2, 0) is 4.74 Å². The second-order valence-corrected chi connectivity index (χ2v) is 4.73. The minimum atomic E-state index is 0.0237. The number of piperidine rings is 1. The van der Waals surface area contributed by atoms with Crippen LogP contribution < -0.4 is 5.73 Å². The molecule has 0 aromatic carbocycles. The lowest BCUT2D eigenvalue weighted by Gasteiger charge is -2.42. The van der Waals surface area contributed by atoms with E-state index in [-0.39, 0.29) is 5.60 Å². The topological polar surface area (TPSA) is 38.5 Å². The van der Waals surface area contributed by atoms with Crippen LogP contribution in [0.15, 0.2) is 0 Å². The molecule has 1 unspecified atom stereocenters. The third-order valence-electron chi connectivity index (χ3n) is 2.82. The van der Waals surface area contributed by atoms with Gasteiger partial charge < -0.3 is 15.4 Å². The highest BCUT2D eigenvalue weighted by molar-refractivity contribution is 4.88. The molecule has 1 saturated heterocycles. The van der Waals surface area contributed by atoms with Crippen molar-refractivity contribution in [1.29, 1.82) is 0 Å². The highest BCUT2D eigenvalue weighted by atomic mass is 16.5. The molecule has 0 spiro atoms. The van der Waals surface area contributed by atoms with Gasteiger partial charge in [0.25, 0.3) is 0 Å². The number of nitrogens with zero attached hydrogens (tertiary/aromatic N) is 1. The van der Waals surface area contributed by atoms with Crippen molar-refractivity contribution in [3.05, 3.63) is 0 Å². The Kier molecular flexibility index (Phi) is 4.35. The van der Waals surface area contributed by atoms with E-state index in [1.54, 1.807) is 0 Å². The van der Waals surface area contributed by atoms with Gasteiger partial charge >= 0.3 is 0 Å². The zero-order valence-electron chi connectivity index (χ0n) is 9.75. The second-order valence-electron chi connectivity index (χ2n) is 4.73. The Hall–Kier alpha value is -0.120. The van der Waals surface area contributed by atoms with Crippen LogP contribution >= 0.6 is 0 Å². The zero-order chi connectivity index (χ0) is 10.6. The van der Waals surface area contributed by atoms with E-state index in [1.807, 2.05) is 0 Å². The van der Waals surface area contributed by atoms with Crippen LogP contribution in [0, 0.1) is 0 Å². The maximum Gasteiger partial charge on any atom is 0.0824 e. The fourth-order valence-electron chi connectivity index (χ4n) is 2.44. The van der Waals surface area contributed by atoms with Gasteiger partial charge in [-0.3, -0.25) is 0 Å². The van der Waals surface area contributed by atoms with E-state index in [1.165, 1.54) is 13.0 Å². The summed E-state index contributed by atoms with van der Waals surface area (Å²) in [6.45, 7) is 7.15. The lowest BCUT2D eigenvalue weighted by Crippen LogP contribution is -2.50. The molecule has 1 aliphatic heterocycles. The molecule has 0 aliphatic carbocycles. The van der Waals surface area contributed by atoms with Crippen LogP contribution in [0.1, 0.15) is 33.1 Å². The summed E-state index contributed by atoms with van der Waals surface area (Å²) >= 11 is 0. The molecule has 84 valence electrons. The Balaban J connectivity index is 2.59. The SMILES string of the molecule is CC(C)OC1(CCN)CCCN(C)C1. The van der Waals surface area contributed by atoms with Crippen molar-refractivity contribution >= 4 is 0 Å². The predicted molar refractivity (Wildman–Crippen MR) is 59.4 cm³/mol. The highest BCUT2D eigenvalue weighted by Gasteiger charge is 2.35. The molecule has 0 amide bonds. The molecule has 2 N–H and O–H groups in total. The van der Waals surface area contributed by atoms with Crippen molar-refractivity contribution in [3.8, 4) is 0 Å². The maximum absolute atomic E-state index is 6.07. The van der Waals surface area contributed by atoms with Crippen LogP contribution in [0.4, 0.5) is 0 Å². The first-order valence-corrected chi connectivity index (χ1v) is 5.64. The molecule has 1 rings (SSSR count). The summed E-state index contributed by atoms with van der Waals surface area (Å²) in [4.78, 5) is 2.35. The van der Waals surface area contributed by atoms with Gasteiger partial charge in [0.05, 0.1) is 11.7 Å². The summed E-state index contributed by atoms with van der Waals surface area (Å²) < 4.78 is 6.07. The van der Waals surface area contributed by atoms with Crippen LogP contribution in [-0.4, -0.2) is 43.3 Å². The molecular formula is C11H24N2O. The van der Waals surface area contributed by atoms with Crippen LogP contribution in [0.5, 0.6) is 0 Å². The number of ether oxygens (including phenoxy) is 1. The molecule has 1 aliphatic rings. The fraction of sp³-hybridized carbons (Fsp3) is 1.00. The van der Waals surface area contributed by atoms with Gasteiger partial charge in [0.2, 0.25) is 0 Å². The first kappa shape index (κ1) is 12.0. The molecule has 0 radical (unpaired) electrons. The smallest absolute Gasteiger partial charge is 0.0824 e. The van der Waals surface area contributed by atoms with Gasteiger partial charge in [-0.25, -0.2) is 0 Å². The second kappa shape index (κ2) is 5.10. The fourth-order valence-corrected chi connectivity index (χ4v) is 2.44. The molecule has 1 heterocycles. The summed E-state index contributed by atoms with van der Waals surface area (Å²) in [5, 5.41) is 0. The van der Waals surface area contributed by atoms with Gasteiger partial charge in [0, 0.05) is 6.54 Å². The van der Waals surface area contributed by atoms with Crippen molar-refractivity contribution in [2.24, 2.45) is 5.73 Å². The Morgan fingerprint density at radius 3 is 2.71 bits per heavy atom. The Morgan fingerprint density at radius 1 is 1.50 bits per heavy atom. The van der Waals surface area contributed by atoms with E-state index in [4.69, 9.17) is 10.5 Å². The summed E-state index contributed by atoms with van der Waals surface area (Å²) in [6, 6.07) is 0. The van der Waals surface area contributed by atoms with Gasteiger partial charge in [-0.1, -0.05) is 0 Å². The summed E-state index contributed by atoms with van der Waals surface area (Å²) in [7, 11) is 2.16. The number of hydrogen-bond donors (Lipinski definition) is 1. The van der Waals surface area contributed by atoms with Gasteiger partial charge in [0.15, 0.2) is 0 Å². The molecule has 0 aromatic rings. The molecule has 0 saturated carbocycles. The Morgan fingerprint density at radius 2 is 2.21 bits per heavy atom. The molecular weight excluding hydrogens is 176 g/mol. The molecule has 0 bridgehead atoms. The normalized spacial score (nSPS) is 29.8. The number of likely N-dealkylation sites (N-methyl/N-ethyl adjacent to an activating group) is 1. The standard InChI is InChI=1S/C11H24N2O/c1-10(2)14-11(6-7-12)5-4-8-13(3)9-11/h10H,4-9,12H2,1-3H3. The van der Waals surface area contributed by atoms with E-state index >= 15 is 0 Å². The van der Waals surface area contributed by atoms with E-state index < -0.39 is 0 Å². The lowest BCUT2D eigenvalue weighted by atomic mass is 9.89. The predicted octanol–water partition coefficient (Wildman–Crippen LogP) is 1.22. The average molecular weight is 200 g/mol. The van der Waals surface area contributed by atoms with Crippen molar-refractivity contribution in [3.63, 3.8) is 0 Å². The third-order valence-corrected chi connectivity index (χ3v) is 2.82. The maximum atomic E-state index is 6.07. The monoisotopic (exact) mass is 200 g/mol. The third kappa shape index (κ3) is 3.23. The molecule has 14 heavy (non-hydrogen) atoms. The van der Waals surface area contributed by atoms with Gasteiger partial charge in [-0.2, -0.15) is 0 Å². The van der Waals surface area contributed by atoms with E-state index in [9.17, 15) is 0 Å². The van der Waals surface area contributed by atoms with Crippen LogP contribution in [0.2, 0.25) is 0 Å². The van der Waals surface area contributed by atoms with E-state index in [2.05, 4.69) is 25.8 Å². The molecule has 3 nitrogen and oxygen atoms in total. The Bertz CT molecular complexity index is 165. The number of likely N-dealkylation sites (tertiary alicyclic amines) is 1. The van der Waals surface area contributed by atoms with E-state index in [0.29, 0.717) is 6.10 Å². The van der Waals surface area contributed by atoms with Crippen LogP contribution in [0.25, 0.3) is 0 Å². The van der Waals surface area contributed by atoms with Crippen molar-refractivity contribution < 1.29 is 4.74 Å². The van der Waals surface area contributed by atoms with Crippen molar-refractivity contribution in [2.45, 2.75) is 44.8 Å². The first-order valence-electron chi connectivity index (χ1n) is 5.64. The summed E-state index contributed by atoms with van der Waals surface area (Å²) in [5.74, 6) is 0. The molecule has 3 heteroatoms. The average Bonchev–Trinajstić information content (AvgIpc) is 2.02. The Labute approximate surface area is 87.6 Å². The van der Waals surface area contributed by atoms with Gasteiger partial charge in [0.1, 0.15) is 0 Å². The first-order chi connectivity index (χ1) is 6.58. The summed E-state index contributed by atoms with van der Waals surface area (Å²) in [6.07, 6.45) is 3.67. The molecule has 1 atom stereocenters. The van der Waals surface area contributed by atoms with Crippen LogP contribution in [0.3, 0.4) is 0 Å². The van der Waals surface area contributed by atoms with E-state index in [0.717, 1.165) is 25.9 Å². The largest absolute Gasteiger partial charge is 0.371 e. The summed E-state index contributed by atoms with van der Waals surface area (Å²) in [5.41, 5.74) is 5.69. The number of rotatable bonds is 4. The number of nitrogens with two attached hydrogens (primary N) is 1. The molecule has 1 fully saturated rings. The quantitative estimate of drug-likeness (QED) is 0.741. The van der Waals surface area contributed by atoms with Gasteiger partial charge in [-0.05, 0) is 53.2 Å². The molecule has 0 aromatic heterocycles. The lowest BCUT2D eigenvalue weighted by molar-refractivity contribution is -0.116. The van der Waals surface area contributed by atoms with Crippen molar-refractivity contribution in [2.75, 3.05) is 26.7 Å². The zero-order valence-corrected chi connectivity index (χ0v) is 9.75. The number of hydrogen-bond acceptors (Lipinski definition) is 3. The van der Waals surface area contributed by atoms with Crippen molar-refractivity contribution in [1.82, 2.24) is 4.90 Å². The minimum Gasteiger partial charge on any atom is -0.371 e. The highest BCUT2D eigenvalue weighted by Crippen LogP contribution is 2.28. The van der Waals surface area contributed by atoms with Gasteiger partial charge in [-0.15, -0.1) is 0 Å².